The highest BCUT2D eigenvalue weighted by atomic mass is 79.9. The van der Waals surface area contributed by atoms with Crippen molar-refractivity contribution in [1.29, 1.82) is 0 Å². The number of fused-ring (bicyclic) bond motifs is 1. The molecule has 5 rings (SSSR count). The molecule has 0 aliphatic carbocycles. The molecule has 2 aromatic carbocycles. The first-order chi connectivity index (χ1) is 20.4. The molecule has 3 heterocycles. The number of ether oxygens (including phenoxy) is 1. The Bertz CT molecular complexity index is 1710. The van der Waals surface area contributed by atoms with Crippen molar-refractivity contribution in [2.45, 2.75) is 46.1 Å². The van der Waals surface area contributed by atoms with Gasteiger partial charge in [0.2, 0.25) is 11.7 Å². The number of nitrogens with zero attached hydrogens (tertiary/aromatic N) is 5. The number of furan rings is 1. The molecule has 0 saturated heterocycles. The second-order valence-corrected chi connectivity index (χ2v) is 10.7. The number of carbonyl (C=O) groups excluding carboxylic acids is 2. The van der Waals surface area contributed by atoms with Crippen molar-refractivity contribution in [2.75, 3.05) is 13.2 Å². The Hall–Kier alpha value is -4.03. The highest BCUT2D eigenvalue weighted by Gasteiger charge is 2.22. The van der Waals surface area contributed by atoms with Crippen LogP contribution in [0.1, 0.15) is 43.8 Å². The zero-order valence-corrected chi connectivity index (χ0v) is 25.5. The molecule has 0 spiro atoms. The number of aromatic amines is 1. The van der Waals surface area contributed by atoms with Gasteiger partial charge in [0.1, 0.15) is 23.7 Å². The number of benzene rings is 2. The molecule has 0 saturated carbocycles. The molecule has 0 fully saturated rings. The minimum atomic E-state index is -0.493. The van der Waals surface area contributed by atoms with Crippen molar-refractivity contribution in [3.63, 3.8) is 0 Å². The monoisotopic (exact) mass is 653 g/mol. The maximum absolute atomic E-state index is 12.7. The van der Waals surface area contributed by atoms with Gasteiger partial charge in [0.15, 0.2) is 5.15 Å². The number of rotatable bonds is 12. The number of carbonyl (C=O) groups is 2. The van der Waals surface area contributed by atoms with Crippen LogP contribution in [-0.2, 0) is 33.7 Å². The van der Waals surface area contributed by atoms with Crippen molar-refractivity contribution in [1.82, 2.24) is 35.5 Å². The first-order valence-corrected chi connectivity index (χ1v) is 14.8. The van der Waals surface area contributed by atoms with E-state index in [1.165, 1.54) is 0 Å². The van der Waals surface area contributed by atoms with Gasteiger partial charge in [-0.2, -0.15) is 5.21 Å². The number of tetrazole rings is 1. The van der Waals surface area contributed by atoms with E-state index >= 15 is 0 Å². The zero-order chi connectivity index (χ0) is 29.6. The van der Waals surface area contributed by atoms with E-state index in [1.54, 1.807) is 6.92 Å². The number of hydrogen-bond donors (Lipinski definition) is 2. The molecular formula is C29H29BrClN7O4. The number of unbranched alkanes of at least 4 members (excludes halogenated alkanes) is 1. The van der Waals surface area contributed by atoms with Crippen LogP contribution in [0.15, 0.2) is 51.4 Å². The van der Waals surface area contributed by atoms with Crippen molar-refractivity contribution < 1.29 is 18.7 Å². The fourth-order valence-corrected chi connectivity index (χ4v) is 5.58. The van der Waals surface area contributed by atoms with Gasteiger partial charge in [0.05, 0.1) is 23.2 Å². The Labute approximate surface area is 255 Å². The van der Waals surface area contributed by atoms with Crippen LogP contribution < -0.4 is 5.32 Å². The highest BCUT2D eigenvalue weighted by molar-refractivity contribution is 9.10. The minimum Gasteiger partial charge on any atom is -0.465 e. The van der Waals surface area contributed by atoms with Crippen LogP contribution in [0.4, 0.5) is 0 Å². The molecule has 42 heavy (non-hydrogen) atoms. The van der Waals surface area contributed by atoms with Crippen LogP contribution >= 0.6 is 27.5 Å². The Balaban J connectivity index is 1.46. The van der Waals surface area contributed by atoms with Crippen molar-refractivity contribution in [3.8, 4) is 22.7 Å². The first-order valence-electron chi connectivity index (χ1n) is 13.6. The van der Waals surface area contributed by atoms with E-state index in [-0.39, 0.29) is 30.6 Å². The summed E-state index contributed by atoms with van der Waals surface area (Å²) in [6, 6.07) is 13.6. The van der Waals surface area contributed by atoms with Gasteiger partial charge in [-0.25, -0.2) is 4.98 Å². The quantitative estimate of drug-likeness (QED) is 0.168. The third-order valence-electron chi connectivity index (χ3n) is 6.71. The predicted molar refractivity (Wildman–Crippen MR) is 161 cm³/mol. The summed E-state index contributed by atoms with van der Waals surface area (Å²) in [5, 5.41) is 18.2. The number of esters is 1. The molecule has 1 amide bonds. The number of aromatic nitrogens is 6. The normalized spacial score (nSPS) is 11.2. The van der Waals surface area contributed by atoms with Gasteiger partial charge in [0, 0.05) is 29.5 Å². The van der Waals surface area contributed by atoms with Crippen LogP contribution in [-0.4, -0.2) is 55.2 Å². The van der Waals surface area contributed by atoms with Crippen molar-refractivity contribution in [2.24, 2.45) is 0 Å². The molecular weight excluding hydrogens is 626 g/mol. The second-order valence-electron chi connectivity index (χ2n) is 9.57. The number of nitrogens with one attached hydrogen (secondary N) is 2. The van der Waals surface area contributed by atoms with Gasteiger partial charge in [-0.15, -0.1) is 10.2 Å². The van der Waals surface area contributed by atoms with Gasteiger partial charge in [-0.05, 0) is 52.2 Å². The summed E-state index contributed by atoms with van der Waals surface area (Å²) in [5.41, 5.74) is 3.87. The summed E-state index contributed by atoms with van der Waals surface area (Å²) in [7, 11) is 0. The standard InChI is InChI=1S/C29H29BrClN7O4/c1-3-5-10-23-33-28(31)21(14-24(39)32-15-25(40)41-4-2)38(23)16-17-11-12-22-20(13-17)26(30)27(42-22)18-8-6-7-9-19(18)29-34-36-37-35-29/h6-9,11-13H,3-5,10,14-16H2,1-2H3,(H,32,39)(H,34,35,36,37). The molecule has 218 valence electrons. The Morgan fingerprint density at radius 2 is 1.98 bits per heavy atom. The minimum absolute atomic E-state index is 0.0218. The number of aryl methyl sites for hydroxylation is 1. The van der Waals surface area contributed by atoms with Crippen LogP contribution in [0, 0.1) is 0 Å². The lowest BCUT2D eigenvalue weighted by atomic mass is 10.0. The van der Waals surface area contributed by atoms with Gasteiger partial charge in [-0.3, -0.25) is 9.59 Å². The third-order valence-corrected chi connectivity index (χ3v) is 7.80. The molecule has 0 unspecified atom stereocenters. The molecule has 13 heteroatoms. The molecule has 3 aromatic heterocycles. The Kier molecular flexibility index (Phi) is 9.33. The molecule has 0 aliphatic rings. The van der Waals surface area contributed by atoms with Gasteiger partial charge in [-0.1, -0.05) is 55.3 Å². The molecule has 2 N–H and O–H groups in total. The molecule has 5 aromatic rings. The highest BCUT2D eigenvalue weighted by Crippen LogP contribution is 2.41. The van der Waals surface area contributed by atoms with E-state index < -0.39 is 5.97 Å². The van der Waals surface area contributed by atoms with Gasteiger partial charge in [0.25, 0.3) is 0 Å². The number of amides is 1. The lowest BCUT2D eigenvalue weighted by Crippen LogP contribution is -2.32. The average molecular weight is 655 g/mol. The van der Waals surface area contributed by atoms with E-state index in [2.05, 4.69) is 53.8 Å². The summed E-state index contributed by atoms with van der Waals surface area (Å²) >= 11 is 10.3. The summed E-state index contributed by atoms with van der Waals surface area (Å²) in [6.07, 6.45) is 2.61. The summed E-state index contributed by atoms with van der Waals surface area (Å²) in [6.45, 7) is 4.31. The maximum Gasteiger partial charge on any atom is 0.325 e. The molecule has 0 radical (unpaired) electrons. The van der Waals surface area contributed by atoms with E-state index in [0.29, 0.717) is 29.4 Å². The molecule has 0 bridgehead atoms. The average Bonchev–Trinajstić information content (AvgIpc) is 3.71. The Morgan fingerprint density at radius 3 is 2.71 bits per heavy atom. The lowest BCUT2D eigenvalue weighted by molar-refractivity contribution is -0.143. The van der Waals surface area contributed by atoms with E-state index in [9.17, 15) is 9.59 Å². The summed E-state index contributed by atoms with van der Waals surface area (Å²) < 4.78 is 14.0. The predicted octanol–water partition coefficient (Wildman–Crippen LogP) is 5.51. The van der Waals surface area contributed by atoms with Crippen LogP contribution in [0.5, 0.6) is 0 Å². The first kappa shape index (κ1) is 29.5. The SMILES string of the molecule is CCCCc1nc(Cl)c(CC(=O)NCC(=O)OCC)n1Cc1ccc2oc(-c3ccccc3-c3nn[nH]n3)c(Br)c2c1. The number of H-pyrrole nitrogens is 1. The van der Waals surface area contributed by atoms with E-state index in [0.717, 1.165) is 51.6 Å². The fraction of sp³-hybridized carbons (Fsp3) is 0.310. The maximum atomic E-state index is 12.7. The van der Waals surface area contributed by atoms with Crippen LogP contribution in [0.3, 0.4) is 0 Å². The third kappa shape index (κ3) is 6.39. The van der Waals surface area contributed by atoms with E-state index in [1.807, 2.05) is 47.0 Å². The fourth-order valence-electron chi connectivity index (χ4n) is 4.70. The Morgan fingerprint density at radius 1 is 1.17 bits per heavy atom. The van der Waals surface area contributed by atoms with Crippen molar-refractivity contribution in [3.05, 3.63) is 69.2 Å². The number of hydrogen-bond acceptors (Lipinski definition) is 8. The topological polar surface area (TPSA) is 141 Å². The lowest BCUT2D eigenvalue weighted by Gasteiger charge is -2.13. The number of imidazole rings is 1. The van der Waals surface area contributed by atoms with Gasteiger partial charge < -0.3 is 19.0 Å². The molecule has 0 aliphatic heterocycles. The largest absolute Gasteiger partial charge is 0.465 e. The van der Waals surface area contributed by atoms with Crippen LogP contribution in [0.2, 0.25) is 5.15 Å². The summed E-state index contributed by atoms with van der Waals surface area (Å²) in [5.74, 6) is 1.08. The zero-order valence-electron chi connectivity index (χ0n) is 23.1. The van der Waals surface area contributed by atoms with Gasteiger partial charge >= 0.3 is 5.97 Å². The smallest absolute Gasteiger partial charge is 0.325 e. The van der Waals surface area contributed by atoms with E-state index in [4.69, 9.17) is 20.8 Å². The second kappa shape index (κ2) is 13.3. The van der Waals surface area contributed by atoms with Crippen LogP contribution in [0.25, 0.3) is 33.7 Å². The molecule has 0 atom stereocenters. The summed E-state index contributed by atoms with van der Waals surface area (Å²) in [4.78, 5) is 29.0. The molecule has 11 nitrogen and oxygen atoms in total. The number of halogens is 2. The van der Waals surface area contributed by atoms with Crippen molar-refractivity contribution >= 4 is 50.4 Å².